The number of nitrogens with one attached hydrogen (secondary N) is 2. The number of alkyl halides is 3. The number of aromatic hydroxyl groups is 3. The zero-order chi connectivity index (χ0) is 31.6. The lowest BCUT2D eigenvalue weighted by Gasteiger charge is -2.18. The number of carbonyl (C=O) groups is 3. The molecule has 0 atom stereocenters. The van der Waals surface area contributed by atoms with E-state index in [1.54, 1.807) is 0 Å². The molecule has 16 nitrogen and oxygen atoms in total. The van der Waals surface area contributed by atoms with E-state index in [-0.39, 0.29) is 29.6 Å². The molecule has 0 fully saturated rings. The fourth-order valence-corrected chi connectivity index (χ4v) is 3.72. The van der Waals surface area contributed by atoms with Gasteiger partial charge in [-0.25, -0.2) is 29.1 Å². The third-order valence-electron chi connectivity index (χ3n) is 5.68. The largest absolute Gasteiger partial charge is 0.508 e. The Hall–Kier alpha value is -5.88. The third-order valence-corrected chi connectivity index (χ3v) is 5.68. The van der Waals surface area contributed by atoms with Gasteiger partial charge >= 0.3 is 12.3 Å². The van der Waals surface area contributed by atoms with Crippen LogP contribution in [0.4, 0.5) is 23.7 Å². The van der Waals surface area contributed by atoms with Crippen LogP contribution in [-0.4, -0.2) is 81.9 Å². The lowest BCUT2D eigenvalue weighted by atomic mass is 10.1. The number of carbonyl (C=O) groups excluding carboxylic acids is 3. The van der Waals surface area contributed by atoms with E-state index < -0.39 is 58.4 Å². The molecule has 43 heavy (non-hydrogen) atoms. The van der Waals surface area contributed by atoms with Crippen molar-refractivity contribution in [3.63, 3.8) is 0 Å². The van der Waals surface area contributed by atoms with Crippen molar-refractivity contribution in [3.05, 3.63) is 65.1 Å². The summed E-state index contributed by atoms with van der Waals surface area (Å²) < 4.78 is 45.6. The Bertz CT molecular complexity index is 1720. The van der Waals surface area contributed by atoms with Crippen molar-refractivity contribution in [2.24, 2.45) is 0 Å². The van der Waals surface area contributed by atoms with E-state index in [1.807, 2.05) is 0 Å². The second kappa shape index (κ2) is 11.5. The SMILES string of the molecule is COC(=O)N(C)NC(=O)c1cc(O)cc(O)c1NC(=O)c1cc(Cn2nc(C(F)(F)F)nc2C)nn1-c1ncccc1O. The minimum absolute atomic E-state index is 0.00970. The first-order valence-corrected chi connectivity index (χ1v) is 11.9. The fourth-order valence-electron chi connectivity index (χ4n) is 3.72. The molecule has 0 spiro atoms. The van der Waals surface area contributed by atoms with Crippen LogP contribution in [0.25, 0.3) is 5.82 Å². The van der Waals surface area contributed by atoms with E-state index >= 15 is 0 Å². The average Bonchev–Trinajstić information content (AvgIpc) is 3.53. The third kappa shape index (κ3) is 6.39. The van der Waals surface area contributed by atoms with E-state index in [4.69, 9.17) is 0 Å². The van der Waals surface area contributed by atoms with Gasteiger partial charge in [0.25, 0.3) is 17.6 Å². The summed E-state index contributed by atoms with van der Waals surface area (Å²) in [4.78, 5) is 45.5. The molecule has 1 aromatic carbocycles. The van der Waals surface area contributed by atoms with Crippen LogP contribution in [0.3, 0.4) is 0 Å². The van der Waals surface area contributed by atoms with Crippen molar-refractivity contribution in [2.45, 2.75) is 19.6 Å². The Balaban J connectivity index is 1.74. The van der Waals surface area contributed by atoms with Crippen molar-refractivity contribution < 1.29 is 47.6 Å². The van der Waals surface area contributed by atoms with Crippen molar-refractivity contribution in [1.29, 1.82) is 0 Å². The standard InChI is InChI=1S/C24H22F3N9O7/c1-11-29-22(24(25,26)27)33-35(11)10-12-7-15(36(31-12)19-16(38)5-4-6-28-19)21(41)30-18-14(8-13(37)9-17(18)39)20(40)32-34(2)23(42)43-3/h4-9,37-39H,10H2,1-3H3,(H,30,41)(H,32,40). The number of hydrogen-bond donors (Lipinski definition) is 5. The predicted octanol–water partition coefficient (Wildman–Crippen LogP) is 1.95. The quantitative estimate of drug-likeness (QED) is 0.122. The summed E-state index contributed by atoms with van der Waals surface area (Å²) in [7, 11) is 2.21. The number of nitrogens with zero attached hydrogens (tertiary/aromatic N) is 7. The number of methoxy groups -OCH3 is 1. The highest BCUT2D eigenvalue weighted by Crippen LogP contribution is 2.33. The summed E-state index contributed by atoms with van der Waals surface area (Å²) in [5.74, 6) is -5.53. The second-order valence-corrected chi connectivity index (χ2v) is 8.73. The number of rotatable bonds is 6. The Kier molecular flexibility index (Phi) is 8.08. The molecule has 0 aliphatic rings. The number of hydrazine groups is 1. The van der Waals surface area contributed by atoms with Crippen LogP contribution in [0.15, 0.2) is 36.5 Å². The molecule has 0 aliphatic carbocycles. The van der Waals surface area contributed by atoms with Gasteiger partial charge in [0.15, 0.2) is 11.6 Å². The summed E-state index contributed by atoms with van der Waals surface area (Å²) in [5, 5.41) is 41.4. The van der Waals surface area contributed by atoms with Gasteiger partial charge < -0.3 is 25.4 Å². The molecule has 4 rings (SSSR count). The first-order chi connectivity index (χ1) is 20.2. The highest BCUT2D eigenvalue weighted by Gasteiger charge is 2.36. The summed E-state index contributed by atoms with van der Waals surface area (Å²) in [6, 6.07) is 5.52. The molecule has 3 heterocycles. The number of hydrogen-bond acceptors (Lipinski definition) is 11. The number of ether oxygens (including phenoxy) is 1. The van der Waals surface area contributed by atoms with Crippen molar-refractivity contribution in [3.8, 4) is 23.1 Å². The van der Waals surface area contributed by atoms with Crippen molar-refractivity contribution in [2.75, 3.05) is 19.5 Å². The molecule has 0 aliphatic heterocycles. The Morgan fingerprint density at radius 2 is 1.79 bits per heavy atom. The molecule has 0 bridgehead atoms. The van der Waals surface area contributed by atoms with Gasteiger partial charge in [-0.15, -0.1) is 5.10 Å². The van der Waals surface area contributed by atoms with Crippen LogP contribution >= 0.6 is 0 Å². The van der Waals surface area contributed by atoms with Crippen molar-refractivity contribution in [1.82, 2.24) is 40.0 Å². The molecule has 0 unspecified atom stereocenters. The Morgan fingerprint density at radius 1 is 1.07 bits per heavy atom. The van der Waals surface area contributed by atoms with Crippen LogP contribution in [-0.2, 0) is 17.5 Å². The number of phenolic OH excluding ortho intramolecular Hbond substituents is 2. The first kappa shape index (κ1) is 30.1. The zero-order valence-electron chi connectivity index (χ0n) is 22.4. The van der Waals surface area contributed by atoms with Crippen molar-refractivity contribution >= 4 is 23.6 Å². The minimum Gasteiger partial charge on any atom is -0.508 e. The number of pyridine rings is 1. The highest BCUT2D eigenvalue weighted by atomic mass is 19.4. The summed E-state index contributed by atoms with van der Waals surface area (Å²) in [6.45, 7) is 0.906. The molecule has 0 saturated carbocycles. The predicted molar refractivity (Wildman–Crippen MR) is 137 cm³/mol. The smallest absolute Gasteiger partial charge is 0.453 e. The normalized spacial score (nSPS) is 11.2. The van der Waals surface area contributed by atoms with Crippen LogP contribution < -0.4 is 10.7 Å². The van der Waals surface area contributed by atoms with Gasteiger partial charge in [-0.2, -0.15) is 18.3 Å². The van der Waals surface area contributed by atoms with Gasteiger partial charge in [0.2, 0.25) is 0 Å². The number of halogens is 3. The lowest BCUT2D eigenvalue weighted by Crippen LogP contribution is -2.43. The molecule has 19 heteroatoms. The molecule has 3 aromatic heterocycles. The fraction of sp³-hybridized carbons (Fsp3) is 0.208. The molecule has 4 aromatic rings. The molecular formula is C24H22F3N9O7. The minimum atomic E-state index is -4.80. The maximum atomic E-state index is 13.5. The zero-order valence-corrected chi connectivity index (χ0v) is 22.4. The van der Waals surface area contributed by atoms with Crippen LogP contribution in [0.2, 0.25) is 0 Å². The van der Waals surface area contributed by atoms with E-state index in [9.17, 15) is 42.9 Å². The lowest BCUT2D eigenvalue weighted by molar-refractivity contribution is -0.145. The van der Waals surface area contributed by atoms with E-state index in [1.165, 1.54) is 25.3 Å². The number of aryl methyl sites for hydroxylation is 1. The summed E-state index contributed by atoms with van der Waals surface area (Å²) >= 11 is 0. The molecule has 226 valence electrons. The van der Waals surface area contributed by atoms with E-state index in [0.29, 0.717) is 5.01 Å². The monoisotopic (exact) mass is 605 g/mol. The maximum Gasteiger partial charge on any atom is 0.453 e. The number of amides is 3. The number of phenols is 2. The van der Waals surface area contributed by atoms with Crippen LogP contribution in [0, 0.1) is 6.92 Å². The van der Waals surface area contributed by atoms with Gasteiger partial charge in [-0.1, -0.05) is 0 Å². The second-order valence-electron chi connectivity index (χ2n) is 8.73. The van der Waals surface area contributed by atoms with E-state index in [0.717, 1.165) is 41.7 Å². The maximum absolute atomic E-state index is 13.5. The topological polar surface area (TPSA) is 210 Å². The summed E-state index contributed by atoms with van der Waals surface area (Å²) in [5.41, 5.74) is 0.805. The van der Waals surface area contributed by atoms with Gasteiger partial charge in [-0.05, 0) is 31.2 Å². The molecular weight excluding hydrogens is 583 g/mol. The molecule has 0 saturated heterocycles. The number of anilines is 1. The van der Waals surface area contributed by atoms with Crippen LogP contribution in [0.5, 0.6) is 17.2 Å². The van der Waals surface area contributed by atoms with Gasteiger partial charge in [-0.3, -0.25) is 15.0 Å². The Labute approximate surface area is 238 Å². The molecule has 0 radical (unpaired) electrons. The molecule has 5 N–H and O–H groups in total. The number of benzene rings is 1. The van der Waals surface area contributed by atoms with Gasteiger partial charge in [0, 0.05) is 19.3 Å². The highest BCUT2D eigenvalue weighted by molar-refractivity contribution is 6.10. The molecule has 3 amide bonds. The van der Waals surface area contributed by atoms with E-state index in [2.05, 4.69) is 35.6 Å². The van der Waals surface area contributed by atoms with Gasteiger partial charge in [0.05, 0.1) is 30.6 Å². The number of aromatic nitrogens is 6. The van der Waals surface area contributed by atoms with Crippen LogP contribution in [0.1, 0.15) is 38.2 Å². The Morgan fingerprint density at radius 3 is 2.42 bits per heavy atom. The summed E-state index contributed by atoms with van der Waals surface area (Å²) in [6.07, 6.45) is -4.48. The van der Waals surface area contributed by atoms with Gasteiger partial charge in [0.1, 0.15) is 23.0 Å². The first-order valence-electron chi connectivity index (χ1n) is 11.9. The average molecular weight is 605 g/mol.